The highest BCUT2D eigenvalue weighted by Crippen LogP contribution is 2.34. The number of likely N-dealkylation sites (tertiary alicyclic amines) is 1. The van der Waals surface area contributed by atoms with Crippen molar-refractivity contribution in [2.24, 2.45) is 0 Å². The van der Waals surface area contributed by atoms with Crippen LogP contribution in [0, 0.1) is 0 Å². The fourth-order valence-corrected chi connectivity index (χ4v) is 2.33. The summed E-state index contributed by atoms with van der Waals surface area (Å²) in [6, 6.07) is 0. The van der Waals surface area contributed by atoms with Crippen molar-refractivity contribution in [2.75, 3.05) is 26.7 Å². The van der Waals surface area contributed by atoms with Gasteiger partial charge >= 0.3 is 0 Å². The molecule has 0 radical (unpaired) electrons. The number of nitrogens with zero attached hydrogens (tertiary/aromatic N) is 1. The SMILES string of the molecule is CN1CCC2(CCCCO2)CC1. The van der Waals surface area contributed by atoms with Gasteiger partial charge in [-0.15, -0.1) is 0 Å². The van der Waals surface area contributed by atoms with Crippen LogP contribution in [0.1, 0.15) is 32.1 Å². The molecule has 0 aromatic heterocycles. The van der Waals surface area contributed by atoms with Gasteiger partial charge in [0.15, 0.2) is 0 Å². The minimum Gasteiger partial charge on any atom is -0.375 e. The first-order chi connectivity index (χ1) is 5.81. The Hall–Kier alpha value is -0.0800. The molecule has 0 aromatic rings. The number of hydrogen-bond acceptors (Lipinski definition) is 2. The van der Waals surface area contributed by atoms with Crippen LogP contribution in [0.15, 0.2) is 0 Å². The summed E-state index contributed by atoms with van der Waals surface area (Å²) in [6.45, 7) is 3.45. The topological polar surface area (TPSA) is 12.5 Å². The van der Waals surface area contributed by atoms with Gasteiger partial charge in [0.25, 0.3) is 0 Å². The summed E-state index contributed by atoms with van der Waals surface area (Å²) >= 11 is 0. The van der Waals surface area contributed by atoms with E-state index in [0.29, 0.717) is 5.60 Å². The zero-order chi connectivity index (χ0) is 8.44. The quantitative estimate of drug-likeness (QED) is 0.546. The van der Waals surface area contributed by atoms with Crippen molar-refractivity contribution < 1.29 is 4.74 Å². The molecule has 0 aliphatic carbocycles. The lowest BCUT2D eigenvalue weighted by Gasteiger charge is -2.43. The van der Waals surface area contributed by atoms with E-state index in [1.165, 1.54) is 45.2 Å². The van der Waals surface area contributed by atoms with Crippen LogP contribution in [0.5, 0.6) is 0 Å². The monoisotopic (exact) mass is 169 g/mol. The molecule has 0 saturated carbocycles. The minimum absolute atomic E-state index is 0.296. The van der Waals surface area contributed by atoms with Gasteiger partial charge in [0, 0.05) is 19.7 Å². The minimum atomic E-state index is 0.296. The Kier molecular flexibility index (Phi) is 2.37. The maximum Gasteiger partial charge on any atom is 0.0706 e. The molecule has 0 bridgehead atoms. The molecule has 0 N–H and O–H groups in total. The molecule has 0 aromatic carbocycles. The van der Waals surface area contributed by atoms with Crippen LogP contribution in [0.4, 0.5) is 0 Å². The van der Waals surface area contributed by atoms with Gasteiger partial charge in [-0.2, -0.15) is 0 Å². The Morgan fingerprint density at radius 3 is 2.42 bits per heavy atom. The third-order valence-corrected chi connectivity index (χ3v) is 3.33. The van der Waals surface area contributed by atoms with Crippen molar-refractivity contribution in [3.8, 4) is 0 Å². The molecule has 2 saturated heterocycles. The van der Waals surface area contributed by atoms with E-state index in [4.69, 9.17) is 4.74 Å². The van der Waals surface area contributed by atoms with Crippen LogP contribution in [-0.4, -0.2) is 37.2 Å². The predicted molar refractivity (Wildman–Crippen MR) is 49.3 cm³/mol. The maximum absolute atomic E-state index is 5.93. The first kappa shape index (κ1) is 8.52. The Bertz CT molecular complexity index is 142. The molecule has 0 atom stereocenters. The molecule has 0 unspecified atom stereocenters. The van der Waals surface area contributed by atoms with E-state index in [1.807, 2.05) is 0 Å². The van der Waals surface area contributed by atoms with Crippen LogP contribution in [0.2, 0.25) is 0 Å². The normalized spacial score (nSPS) is 30.8. The summed E-state index contributed by atoms with van der Waals surface area (Å²) < 4.78 is 5.93. The summed E-state index contributed by atoms with van der Waals surface area (Å²) in [7, 11) is 2.20. The van der Waals surface area contributed by atoms with Crippen LogP contribution >= 0.6 is 0 Å². The second kappa shape index (κ2) is 3.35. The van der Waals surface area contributed by atoms with Crippen molar-refractivity contribution >= 4 is 0 Å². The van der Waals surface area contributed by atoms with E-state index >= 15 is 0 Å². The highest BCUT2D eigenvalue weighted by molar-refractivity contribution is 4.88. The zero-order valence-corrected chi connectivity index (χ0v) is 8.01. The maximum atomic E-state index is 5.93. The summed E-state index contributed by atoms with van der Waals surface area (Å²) in [5, 5.41) is 0. The van der Waals surface area contributed by atoms with Gasteiger partial charge in [-0.25, -0.2) is 0 Å². The summed E-state index contributed by atoms with van der Waals surface area (Å²) in [4.78, 5) is 2.41. The van der Waals surface area contributed by atoms with Crippen molar-refractivity contribution in [3.63, 3.8) is 0 Å². The molecule has 12 heavy (non-hydrogen) atoms. The van der Waals surface area contributed by atoms with Crippen molar-refractivity contribution in [3.05, 3.63) is 0 Å². The lowest BCUT2D eigenvalue weighted by atomic mass is 9.85. The Labute approximate surface area is 74.9 Å². The molecule has 2 fully saturated rings. The van der Waals surface area contributed by atoms with Crippen molar-refractivity contribution in [1.29, 1.82) is 0 Å². The second-order valence-electron chi connectivity index (χ2n) is 4.29. The van der Waals surface area contributed by atoms with Gasteiger partial charge in [-0.05, 0) is 39.2 Å². The highest BCUT2D eigenvalue weighted by Gasteiger charge is 2.35. The molecule has 70 valence electrons. The Morgan fingerprint density at radius 1 is 1.08 bits per heavy atom. The first-order valence-electron chi connectivity index (χ1n) is 5.13. The van der Waals surface area contributed by atoms with E-state index < -0.39 is 0 Å². The second-order valence-corrected chi connectivity index (χ2v) is 4.29. The van der Waals surface area contributed by atoms with E-state index in [2.05, 4.69) is 11.9 Å². The van der Waals surface area contributed by atoms with Gasteiger partial charge < -0.3 is 9.64 Å². The molecule has 0 amide bonds. The first-order valence-corrected chi connectivity index (χ1v) is 5.13. The van der Waals surface area contributed by atoms with Gasteiger partial charge in [0.1, 0.15) is 0 Å². The molecule has 2 aliphatic heterocycles. The van der Waals surface area contributed by atoms with Gasteiger partial charge in [0.2, 0.25) is 0 Å². The molecule has 2 heterocycles. The molecule has 2 heteroatoms. The molecule has 1 spiro atoms. The number of hydrogen-bond donors (Lipinski definition) is 0. The van der Waals surface area contributed by atoms with Crippen molar-refractivity contribution in [1.82, 2.24) is 4.90 Å². The third-order valence-electron chi connectivity index (χ3n) is 3.33. The van der Waals surface area contributed by atoms with E-state index in [9.17, 15) is 0 Å². The number of ether oxygens (including phenoxy) is 1. The van der Waals surface area contributed by atoms with Gasteiger partial charge in [-0.1, -0.05) is 0 Å². The standard InChI is InChI=1S/C10H19NO/c1-11-7-5-10(6-8-11)4-2-3-9-12-10/h2-9H2,1H3. The van der Waals surface area contributed by atoms with Crippen LogP contribution in [-0.2, 0) is 4.74 Å². The summed E-state index contributed by atoms with van der Waals surface area (Å²) in [5.74, 6) is 0. The fraction of sp³-hybridized carbons (Fsp3) is 1.00. The average molecular weight is 169 g/mol. The van der Waals surface area contributed by atoms with Crippen LogP contribution in [0.25, 0.3) is 0 Å². The van der Waals surface area contributed by atoms with Crippen LogP contribution in [0.3, 0.4) is 0 Å². The number of rotatable bonds is 0. The van der Waals surface area contributed by atoms with E-state index in [-0.39, 0.29) is 0 Å². The lowest BCUT2D eigenvalue weighted by molar-refractivity contribution is -0.108. The lowest BCUT2D eigenvalue weighted by Crippen LogP contribution is -2.46. The van der Waals surface area contributed by atoms with E-state index in [1.54, 1.807) is 0 Å². The Balaban J connectivity index is 1.92. The molecule has 2 rings (SSSR count). The summed E-state index contributed by atoms with van der Waals surface area (Å²) in [5.41, 5.74) is 0.296. The van der Waals surface area contributed by atoms with Crippen molar-refractivity contribution in [2.45, 2.75) is 37.7 Å². The molecular weight excluding hydrogens is 150 g/mol. The number of piperidine rings is 1. The summed E-state index contributed by atoms with van der Waals surface area (Å²) in [6.07, 6.45) is 6.47. The molecule has 2 nitrogen and oxygen atoms in total. The van der Waals surface area contributed by atoms with E-state index in [0.717, 1.165) is 6.61 Å². The smallest absolute Gasteiger partial charge is 0.0706 e. The largest absolute Gasteiger partial charge is 0.375 e. The average Bonchev–Trinajstić information content (AvgIpc) is 2.13. The Morgan fingerprint density at radius 2 is 1.83 bits per heavy atom. The third kappa shape index (κ3) is 1.64. The predicted octanol–water partition coefficient (Wildman–Crippen LogP) is 1.65. The highest BCUT2D eigenvalue weighted by atomic mass is 16.5. The van der Waals surface area contributed by atoms with Gasteiger partial charge in [-0.3, -0.25) is 0 Å². The molecule has 2 aliphatic rings. The van der Waals surface area contributed by atoms with Crippen LogP contribution < -0.4 is 0 Å². The van der Waals surface area contributed by atoms with Gasteiger partial charge in [0.05, 0.1) is 5.60 Å². The molecular formula is C10H19NO. The fourth-order valence-electron chi connectivity index (χ4n) is 2.33. The zero-order valence-electron chi connectivity index (χ0n) is 8.01.